The number of aromatic nitrogens is 2. The van der Waals surface area contributed by atoms with Crippen LogP contribution < -0.4 is 10.1 Å². The van der Waals surface area contributed by atoms with Crippen LogP contribution in [0.5, 0.6) is 5.75 Å². The SMILES string of the molecule is Cc1nc(CNC(=O)[C@H]2Cc3ccccc3O2)nc2c1CCCC2. The average molecular weight is 323 g/mol. The van der Waals surface area contributed by atoms with Crippen molar-refractivity contribution in [2.24, 2.45) is 0 Å². The van der Waals surface area contributed by atoms with Gasteiger partial charge in [-0.3, -0.25) is 4.79 Å². The van der Waals surface area contributed by atoms with Crippen LogP contribution in [0.4, 0.5) is 0 Å². The molecule has 5 nitrogen and oxygen atoms in total. The smallest absolute Gasteiger partial charge is 0.261 e. The molecule has 0 saturated carbocycles. The van der Waals surface area contributed by atoms with Crippen molar-refractivity contribution in [3.63, 3.8) is 0 Å². The third kappa shape index (κ3) is 2.86. The fraction of sp³-hybridized carbons (Fsp3) is 0.421. The number of benzene rings is 1. The van der Waals surface area contributed by atoms with Gasteiger partial charge in [-0.25, -0.2) is 9.97 Å². The fourth-order valence-electron chi connectivity index (χ4n) is 3.53. The maximum absolute atomic E-state index is 12.4. The number of nitrogens with zero attached hydrogens (tertiary/aromatic N) is 2. The van der Waals surface area contributed by atoms with Gasteiger partial charge in [0.1, 0.15) is 11.6 Å². The first-order valence-corrected chi connectivity index (χ1v) is 8.58. The molecule has 1 aromatic carbocycles. The molecule has 0 unspecified atom stereocenters. The molecule has 2 heterocycles. The first kappa shape index (κ1) is 15.1. The van der Waals surface area contributed by atoms with Gasteiger partial charge < -0.3 is 10.1 Å². The van der Waals surface area contributed by atoms with Crippen LogP contribution in [0, 0.1) is 6.92 Å². The van der Waals surface area contributed by atoms with Gasteiger partial charge >= 0.3 is 0 Å². The average Bonchev–Trinajstić information content (AvgIpc) is 3.04. The molecule has 1 aromatic heterocycles. The summed E-state index contributed by atoms with van der Waals surface area (Å²) in [6.45, 7) is 2.39. The molecule has 0 saturated heterocycles. The molecule has 1 atom stereocenters. The number of carbonyl (C=O) groups is 1. The second kappa shape index (κ2) is 6.23. The number of ether oxygens (including phenoxy) is 1. The molecule has 2 aromatic rings. The molecule has 1 aliphatic heterocycles. The molecule has 1 aliphatic carbocycles. The molecule has 124 valence electrons. The normalized spacial score (nSPS) is 18.5. The Morgan fingerprint density at radius 1 is 1.25 bits per heavy atom. The number of fused-ring (bicyclic) bond motifs is 2. The van der Waals surface area contributed by atoms with Gasteiger partial charge in [-0.2, -0.15) is 0 Å². The zero-order valence-corrected chi connectivity index (χ0v) is 13.8. The molecule has 1 N–H and O–H groups in total. The molecule has 4 rings (SSSR count). The van der Waals surface area contributed by atoms with Gasteiger partial charge in [-0.15, -0.1) is 0 Å². The van der Waals surface area contributed by atoms with E-state index in [1.807, 2.05) is 31.2 Å². The van der Waals surface area contributed by atoms with Crippen LogP contribution in [0.15, 0.2) is 24.3 Å². The molecule has 24 heavy (non-hydrogen) atoms. The van der Waals surface area contributed by atoms with Gasteiger partial charge in [0.05, 0.1) is 6.54 Å². The second-order valence-corrected chi connectivity index (χ2v) is 6.49. The van der Waals surface area contributed by atoms with E-state index in [9.17, 15) is 4.79 Å². The topological polar surface area (TPSA) is 64.1 Å². The molecular formula is C19H21N3O2. The Balaban J connectivity index is 1.41. The molecule has 1 amide bonds. The Hall–Kier alpha value is -2.43. The number of para-hydroxylation sites is 1. The number of aryl methyl sites for hydroxylation is 2. The van der Waals surface area contributed by atoms with Crippen molar-refractivity contribution in [2.45, 2.75) is 51.7 Å². The molecular weight excluding hydrogens is 302 g/mol. The van der Waals surface area contributed by atoms with E-state index in [1.54, 1.807) is 0 Å². The highest BCUT2D eigenvalue weighted by Crippen LogP contribution is 2.28. The lowest BCUT2D eigenvalue weighted by Crippen LogP contribution is -2.37. The van der Waals surface area contributed by atoms with E-state index < -0.39 is 6.10 Å². The Kier molecular flexibility index (Phi) is 3.92. The molecule has 5 heteroatoms. The fourth-order valence-corrected chi connectivity index (χ4v) is 3.53. The van der Waals surface area contributed by atoms with Gasteiger partial charge in [0.15, 0.2) is 6.10 Å². The van der Waals surface area contributed by atoms with Crippen molar-refractivity contribution in [3.05, 3.63) is 52.6 Å². The highest BCUT2D eigenvalue weighted by atomic mass is 16.5. The zero-order chi connectivity index (χ0) is 16.5. The van der Waals surface area contributed by atoms with Crippen LogP contribution in [0.25, 0.3) is 0 Å². The summed E-state index contributed by atoms with van der Waals surface area (Å²) in [5, 5.41) is 2.92. The first-order chi connectivity index (χ1) is 11.7. The van der Waals surface area contributed by atoms with E-state index >= 15 is 0 Å². The summed E-state index contributed by atoms with van der Waals surface area (Å²) in [6, 6.07) is 7.78. The van der Waals surface area contributed by atoms with Gasteiger partial charge in [0.2, 0.25) is 0 Å². The number of nitrogens with one attached hydrogen (secondary N) is 1. The molecule has 2 aliphatic rings. The van der Waals surface area contributed by atoms with Gasteiger partial charge in [-0.1, -0.05) is 18.2 Å². The summed E-state index contributed by atoms with van der Waals surface area (Å²) in [6.07, 6.45) is 4.64. The van der Waals surface area contributed by atoms with Gasteiger partial charge in [-0.05, 0) is 49.8 Å². The summed E-state index contributed by atoms with van der Waals surface area (Å²) < 4.78 is 5.72. The lowest BCUT2D eigenvalue weighted by atomic mass is 9.95. The molecule has 0 bridgehead atoms. The maximum atomic E-state index is 12.4. The van der Waals surface area contributed by atoms with Crippen LogP contribution >= 0.6 is 0 Å². The monoisotopic (exact) mass is 323 g/mol. The lowest BCUT2D eigenvalue weighted by Gasteiger charge is -2.18. The highest BCUT2D eigenvalue weighted by Gasteiger charge is 2.28. The van der Waals surface area contributed by atoms with Crippen molar-refractivity contribution in [3.8, 4) is 5.75 Å². The standard InChI is InChI=1S/C19H21N3O2/c1-12-14-7-3-4-8-15(14)22-18(21-12)11-20-19(23)17-10-13-6-2-5-9-16(13)24-17/h2,5-6,9,17H,3-4,7-8,10-11H2,1H3,(H,20,23)/t17-/m1/s1. The minimum atomic E-state index is -0.457. The van der Waals surface area contributed by atoms with E-state index in [0.29, 0.717) is 18.8 Å². The first-order valence-electron chi connectivity index (χ1n) is 8.58. The van der Waals surface area contributed by atoms with E-state index in [4.69, 9.17) is 4.74 Å². The Bertz CT molecular complexity index is 763. The predicted octanol–water partition coefficient (Wildman–Crippen LogP) is 2.28. The maximum Gasteiger partial charge on any atom is 0.261 e. The Morgan fingerprint density at radius 3 is 2.96 bits per heavy atom. The van der Waals surface area contributed by atoms with Crippen LogP contribution in [0.3, 0.4) is 0 Å². The number of hydrogen-bond acceptors (Lipinski definition) is 4. The van der Waals surface area contributed by atoms with E-state index in [-0.39, 0.29) is 5.91 Å². The zero-order valence-electron chi connectivity index (χ0n) is 13.8. The van der Waals surface area contributed by atoms with Crippen molar-refractivity contribution in [1.82, 2.24) is 15.3 Å². The summed E-state index contributed by atoms with van der Waals surface area (Å²) in [5.74, 6) is 1.39. The lowest BCUT2D eigenvalue weighted by molar-refractivity contribution is -0.127. The summed E-state index contributed by atoms with van der Waals surface area (Å²) >= 11 is 0. The molecule has 0 spiro atoms. The number of rotatable bonds is 3. The van der Waals surface area contributed by atoms with Gasteiger partial charge in [0, 0.05) is 17.8 Å². The highest BCUT2D eigenvalue weighted by molar-refractivity contribution is 5.82. The minimum Gasteiger partial charge on any atom is -0.480 e. The van der Waals surface area contributed by atoms with Crippen molar-refractivity contribution in [2.75, 3.05) is 0 Å². The van der Waals surface area contributed by atoms with E-state index in [0.717, 1.165) is 35.5 Å². The van der Waals surface area contributed by atoms with Crippen molar-refractivity contribution >= 4 is 5.91 Å². The second-order valence-electron chi connectivity index (χ2n) is 6.49. The molecule has 0 fully saturated rings. The number of carbonyl (C=O) groups excluding carboxylic acids is 1. The summed E-state index contributed by atoms with van der Waals surface area (Å²) in [7, 11) is 0. The molecule has 0 radical (unpaired) electrons. The van der Waals surface area contributed by atoms with Gasteiger partial charge in [0.25, 0.3) is 5.91 Å². The quantitative estimate of drug-likeness (QED) is 0.941. The van der Waals surface area contributed by atoms with Crippen molar-refractivity contribution in [1.29, 1.82) is 0 Å². The number of hydrogen-bond donors (Lipinski definition) is 1. The third-order valence-electron chi connectivity index (χ3n) is 4.80. The minimum absolute atomic E-state index is 0.106. The predicted molar refractivity (Wildman–Crippen MR) is 89.8 cm³/mol. The number of amides is 1. The van der Waals surface area contributed by atoms with Crippen LogP contribution in [0.2, 0.25) is 0 Å². The van der Waals surface area contributed by atoms with E-state index in [1.165, 1.54) is 18.4 Å². The largest absolute Gasteiger partial charge is 0.480 e. The van der Waals surface area contributed by atoms with Crippen LogP contribution in [0.1, 0.15) is 41.2 Å². The van der Waals surface area contributed by atoms with Crippen molar-refractivity contribution < 1.29 is 9.53 Å². The summed E-state index contributed by atoms with van der Waals surface area (Å²) in [4.78, 5) is 21.6. The Morgan fingerprint density at radius 2 is 2.08 bits per heavy atom. The third-order valence-corrected chi connectivity index (χ3v) is 4.80. The van der Waals surface area contributed by atoms with E-state index in [2.05, 4.69) is 15.3 Å². The van der Waals surface area contributed by atoms with Crippen LogP contribution in [-0.2, 0) is 30.6 Å². The van der Waals surface area contributed by atoms with Crippen LogP contribution in [-0.4, -0.2) is 22.0 Å². The Labute approximate surface area is 141 Å². The summed E-state index contributed by atoms with van der Waals surface area (Å²) in [5.41, 5.74) is 4.58.